The zero-order valence-corrected chi connectivity index (χ0v) is 15.3. The maximum atomic E-state index is 12.6. The van der Waals surface area contributed by atoms with Gasteiger partial charge in [0.2, 0.25) is 0 Å². The number of amides is 1. The van der Waals surface area contributed by atoms with E-state index in [2.05, 4.69) is 27.4 Å². The molecule has 1 heterocycles. The van der Waals surface area contributed by atoms with Crippen LogP contribution in [-0.4, -0.2) is 36.9 Å². The van der Waals surface area contributed by atoms with Crippen molar-refractivity contribution in [1.29, 1.82) is 0 Å². The molecule has 0 bridgehead atoms. The number of anilines is 1. The van der Waals surface area contributed by atoms with Crippen LogP contribution in [0.4, 0.5) is 5.82 Å². The van der Waals surface area contributed by atoms with Crippen molar-refractivity contribution in [2.45, 2.75) is 6.92 Å². The molecule has 3 rings (SSSR count). The van der Waals surface area contributed by atoms with E-state index in [1.165, 1.54) is 7.11 Å². The number of nitrogens with one attached hydrogen (secondary N) is 2. The number of benzene rings is 2. The van der Waals surface area contributed by atoms with Crippen molar-refractivity contribution >= 4 is 22.6 Å². The van der Waals surface area contributed by atoms with Gasteiger partial charge in [-0.25, -0.2) is 0 Å². The maximum absolute atomic E-state index is 12.6. The summed E-state index contributed by atoms with van der Waals surface area (Å²) in [4.78, 5) is 12.6. The largest absolute Gasteiger partial charge is 0.493 e. The predicted molar refractivity (Wildman–Crippen MR) is 103 cm³/mol. The molecule has 0 aliphatic heterocycles. The minimum absolute atomic E-state index is 0.299. The molecule has 1 aromatic heterocycles. The Morgan fingerprint density at radius 1 is 1.15 bits per heavy atom. The molecule has 0 radical (unpaired) electrons. The zero-order chi connectivity index (χ0) is 19.2. The van der Waals surface area contributed by atoms with Crippen LogP contribution in [0.15, 0.2) is 36.4 Å². The Labute approximate surface area is 156 Å². The van der Waals surface area contributed by atoms with E-state index in [1.807, 2.05) is 12.1 Å². The number of nitrogens with zero attached hydrogens (tertiary/aromatic N) is 1. The highest BCUT2D eigenvalue weighted by Gasteiger charge is 2.14. The van der Waals surface area contributed by atoms with Crippen molar-refractivity contribution < 1.29 is 19.0 Å². The van der Waals surface area contributed by atoms with Crippen LogP contribution >= 0.6 is 0 Å². The first kappa shape index (κ1) is 18.1. The van der Waals surface area contributed by atoms with E-state index >= 15 is 0 Å². The summed E-state index contributed by atoms with van der Waals surface area (Å²) in [6, 6.07) is 10.4. The Kier molecular flexibility index (Phi) is 5.47. The lowest BCUT2D eigenvalue weighted by molar-refractivity contribution is 0.102. The molecule has 0 aliphatic carbocycles. The van der Waals surface area contributed by atoms with Gasteiger partial charge in [-0.15, -0.1) is 5.92 Å². The van der Waals surface area contributed by atoms with E-state index in [0.29, 0.717) is 35.2 Å². The van der Waals surface area contributed by atoms with Gasteiger partial charge in [0.05, 0.1) is 19.7 Å². The Hall–Kier alpha value is -3.66. The molecule has 1 amide bonds. The summed E-state index contributed by atoms with van der Waals surface area (Å²) in [7, 11) is 3.06. The Balaban J connectivity index is 1.84. The molecule has 2 N–H and O–H groups in total. The number of methoxy groups -OCH3 is 2. The van der Waals surface area contributed by atoms with Crippen molar-refractivity contribution in [3.63, 3.8) is 0 Å². The third-order valence-corrected chi connectivity index (χ3v) is 3.90. The number of aromatic amines is 1. The number of hydrogen-bond donors (Lipinski definition) is 2. The maximum Gasteiger partial charge on any atom is 0.257 e. The molecule has 7 heteroatoms. The van der Waals surface area contributed by atoms with E-state index in [0.717, 1.165) is 10.9 Å². The van der Waals surface area contributed by atoms with E-state index < -0.39 is 0 Å². The summed E-state index contributed by atoms with van der Waals surface area (Å²) in [5, 5.41) is 10.6. The van der Waals surface area contributed by atoms with E-state index in [1.54, 1.807) is 38.3 Å². The highest BCUT2D eigenvalue weighted by molar-refractivity contribution is 6.08. The molecule has 0 atom stereocenters. The fraction of sp³-hybridized carbons (Fsp3) is 0.200. The molecule has 7 nitrogen and oxygen atoms in total. The molecule has 0 saturated heterocycles. The van der Waals surface area contributed by atoms with Crippen LogP contribution < -0.4 is 19.5 Å². The molecular formula is C20H19N3O4. The van der Waals surface area contributed by atoms with Gasteiger partial charge in [-0.2, -0.15) is 5.10 Å². The van der Waals surface area contributed by atoms with Gasteiger partial charge in [-0.1, -0.05) is 5.92 Å². The van der Waals surface area contributed by atoms with Crippen molar-refractivity contribution in [1.82, 2.24) is 10.2 Å². The van der Waals surface area contributed by atoms with Gasteiger partial charge in [-0.3, -0.25) is 9.89 Å². The fourth-order valence-electron chi connectivity index (χ4n) is 2.53. The normalized spacial score (nSPS) is 10.0. The van der Waals surface area contributed by atoms with Crippen LogP contribution in [0.25, 0.3) is 10.9 Å². The number of ether oxygens (including phenoxy) is 3. The summed E-state index contributed by atoms with van der Waals surface area (Å²) >= 11 is 0. The van der Waals surface area contributed by atoms with E-state index in [4.69, 9.17) is 14.2 Å². The van der Waals surface area contributed by atoms with Gasteiger partial charge in [-0.05, 0) is 43.3 Å². The van der Waals surface area contributed by atoms with Crippen LogP contribution in [-0.2, 0) is 0 Å². The highest BCUT2D eigenvalue weighted by Crippen LogP contribution is 2.29. The fourth-order valence-corrected chi connectivity index (χ4v) is 2.53. The van der Waals surface area contributed by atoms with Crippen molar-refractivity contribution in [2.24, 2.45) is 0 Å². The van der Waals surface area contributed by atoms with Crippen LogP contribution in [0.5, 0.6) is 17.2 Å². The first-order valence-electron chi connectivity index (χ1n) is 8.20. The Morgan fingerprint density at radius 3 is 2.70 bits per heavy atom. The highest BCUT2D eigenvalue weighted by atomic mass is 16.5. The number of fused-ring (bicyclic) bond motifs is 1. The number of rotatable bonds is 6. The number of carbonyl (C=O) groups excluding carboxylic acids is 1. The second-order valence-corrected chi connectivity index (χ2v) is 5.52. The lowest BCUT2D eigenvalue weighted by Gasteiger charge is -2.09. The molecule has 0 aliphatic rings. The van der Waals surface area contributed by atoms with Crippen molar-refractivity contribution in [3.05, 3.63) is 42.0 Å². The van der Waals surface area contributed by atoms with Crippen LogP contribution in [0.2, 0.25) is 0 Å². The molecule has 138 valence electrons. The van der Waals surface area contributed by atoms with Gasteiger partial charge in [0.1, 0.15) is 12.4 Å². The van der Waals surface area contributed by atoms with Crippen molar-refractivity contribution in [3.8, 4) is 29.1 Å². The lowest BCUT2D eigenvalue weighted by atomic mass is 10.2. The van der Waals surface area contributed by atoms with Crippen molar-refractivity contribution in [2.75, 3.05) is 26.1 Å². The average molecular weight is 365 g/mol. The molecule has 0 unspecified atom stereocenters. The standard InChI is InChI=1S/C20H19N3O4/c1-4-5-10-27-14-7-8-16-15(12-14)19(23-22-16)21-20(24)13-6-9-17(25-2)18(11-13)26-3/h6-9,11-12H,10H2,1-3H3,(H2,21,22,23,24). The van der Waals surface area contributed by atoms with Gasteiger partial charge in [0.15, 0.2) is 17.3 Å². The first-order valence-corrected chi connectivity index (χ1v) is 8.20. The average Bonchev–Trinajstić information content (AvgIpc) is 3.09. The SMILES string of the molecule is CC#CCOc1ccc2[nH]nc(NC(=O)c3ccc(OC)c(OC)c3)c2c1. The molecule has 0 saturated carbocycles. The Bertz CT molecular complexity index is 1030. The molecule has 0 fully saturated rings. The number of hydrogen-bond acceptors (Lipinski definition) is 5. The van der Waals surface area contributed by atoms with Crippen LogP contribution in [0, 0.1) is 11.8 Å². The Morgan fingerprint density at radius 2 is 1.96 bits per heavy atom. The quantitative estimate of drug-likeness (QED) is 0.655. The van der Waals surface area contributed by atoms with Crippen LogP contribution in [0.1, 0.15) is 17.3 Å². The number of H-pyrrole nitrogens is 1. The summed E-state index contributed by atoms with van der Waals surface area (Å²) in [6.45, 7) is 2.05. The number of carbonyl (C=O) groups is 1. The third kappa shape index (κ3) is 3.96. The first-order chi connectivity index (χ1) is 13.2. The predicted octanol–water partition coefficient (Wildman–Crippen LogP) is 3.23. The molecule has 0 spiro atoms. The second kappa shape index (κ2) is 8.15. The van der Waals surface area contributed by atoms with Crippen LogP contribution in [0.3, 0.4) is 0 Å². The zero-order valence-electron chi connectivity index (χ0n) is 15.3. The topological polar surface area (TPSA) is 85.5 Å². The minimum atomic E-state index is -0.312. The molecule has 3 aromatic rings. The van der Waals surface area contributed by atoms with Gasteiger partial charge in [0.25, 0.3) is 5.91 Å². The monoisotopic (exact) mass is 365 g/mol. The molecular weight excluding hydrogens is 346 g/mol. The van der Waals surface area contributed by atoms with Gasteiger partial charge < -0.3 is 19.5 Å². The summed E-state index contributed by atoms with van der Waals surface area (Å²) in [5.74, 6) is 7.39. The van der Waals surface area contributed by atoms with Gasteiger partial charge in [0, 0.05) is 10.9 Å². The minimum Gasteiger partial charge on any atom is -0.493 e. The summed E-state index contributed by atoms with van der Waals surface area (Å²) in [5.41, 5.74) is 1.21. The third-order valence-electron chi connectivity index (χ3n) is 3.90. The number of aromatic nitrogens is 2. The molecule has 27 heavy (non-hydrogen) atoms. The summed E-state index contributed by atoms with van der Waals surface area (Å²) < 4.78 is 16.0. The lowest BCUT2D eigenvalue weighted by Crippen LogP contribution is -2.12. The van der Waals surface area contributed by atoms with E-state index in [-0.39, 0.29) is 5.91 Å². The second-order valence-electron chi connectivity index (χ2n) is 5.52. The summed E-state index contributed by atoms with van der Waals surface area (Å²) in [6.07, 6.45) is 0. The smallest absolute Gasteiger partial charge is 0.257 e. The van der Waals surface area contributed by atoms with Gasteiger partial charge >= 0.3 is 0 Å². The van der Waals surface area contributed by atoms with E-state index in [9.17, 15) is 4.79 Å². The molecule has 2 aromatic carbocycles.